The molecule has 5 heteroatoms. The van der Waals surface area contributed by atoms with Crippen LogP contribution in [0.2, 0.25) is 0 Å². The molecule has 0 bridgehead atoms. The van der Waals surface area contributed by atoms with E-state index in [1.54, 1.807) is 0 Å². The molecule has 0 aliphatic carbocycles. The molecule has 0 fully saturated rings. The van der Waals surface area contributed by atoms with Crippen LogP contribution in [0, 0.1) is 0 Å². The van der Waals surface area contributed by atoms with Crippen LogP contribution in [0.15, 0.2) is 40.7 Å². The maximum atomic E-state index is 11.0. The monoisotopic (exact) mass is 275 g/mol. The number of sulfonamides is 1. The normalized spacial score (nSPS) is 11.2. The molecule has 1 N–H and O–H groups in total. The molecule has 0 aliphatic heterocycles. The molecule has 0 aliphatic rings. The third-order valence-electron chi connectivity index (χ3n) is 1.59. The third kappa shape index (κ3) is 3.61. The molecule has 1 aromatic carbocycles. The summed E-state index contributed by atoms with van der Waals surface area (Å²) in [5, 5.41) is 0.894. The zero-order valence-corrected chi connectivity index (χ0v) is 9.81. The van der Waals surface area contributed by atoms with E-state index in [4.69, 9.17) is 0 Å². The zero-order chi connectivity index (χ0) is 10.6. The minimum absolute atomic E-state index is 0.272. The first-order valence-electron chi connectivity index (χ1n) is 3.90. The van der Waals surface area contributed by atoms with E-state index in [1.807, 2.05) is 24.3 Å². The fourth-order valence-corrected chi connectivity index (χ4v) is 1.82. The van der Waals surface area contributed by atoms with Crippen LogP contribution in [-0.2, 0) is 16.6 Å². The van der Waals surface area contributed by atoms with Crippen LogP contribution in [0.3, 0.4) is 0 Å². The van der Waals surface area contributed by atoms with E-state index in [1.165, 1.54) is 0 Å². The Morgan fingerprint density at radius 3 is 2.79 bits per heavy atom. The van der Waals surface area contributed by atoms with Gasteiger partial charge in [0.2, 0.25) is 10.0 Å². The molecule has 0 saturated heterocycles. The predicted molar refractivity (Wildman–Crippen MR) is 60.1 cm³/mol. The van der Waals surface area contributed by atoms with Gasteiger partial charge in [-0.05, 0) is 17.7 Å². The van der Waals surface area contributed by atoms with Crippen molar-refractivity contribution in [2.24, 2.45) is 0 Å². The van der Waals surface area contributed by atoms with Gasteiger partial charge in [-0.25, -0.2) is 13.1 Å². The Kier molecular flexibility index (Phi) is 3.86. The number of benzene rings is 1. The van der Waals surface area contributed by atoms with Gasteiger partial charge in [0.25, 0.3) is 0 Å². The van der Waals surface area contributed by atoms with Crippen molar-refractivity contribution in [1.29, 1.82) is 0 Å². The third-order valence-corrected chi connectivity index (χ3v) is 3.06. The molecule has 0 atom stereocenters. The van der Waals surface area contributed by atoms with E-state index in [0.717, 1.165) is 15.4 Å². The lowest BCUT2D eigenvalue weighted by atomic mass is 10.2. The lowest BCUT2D eigenvalue weighted by molar-refractivity contribution is 0.590. The van der Waals surface area contributed by atoms with E-state index in [2.05, 4.69) is 27.2 Å². The van der Waals surface area contributed by atoms with Crippen molar-refractivity contribution in [3.8, 4) is 0 Å². The average molecular weight is 276 g/mol. The SMILES string of the molecule is C=CS(=O)(=O)NCc1cccc(Br)c1. The first-order chi connectivity index (χ1) is 6.53. The Morgan fingerprint density at radius 1 is 1.50 bits per heavy atom. The fourth-order valence-electron chi connectivity index (χ4n) is 0.890. The highest BCUT2D eigenvalue weighted by atomic mass is 79.9. The molecule has 0 heterocycles. The Morgan fingerprint density at radius 2 is 2.21 bits per heavy atom. The van der Waals surface area contributed by atoms with Crippen LogP contribution in [0.25, 0.3) is 0 Å². The largest absolute Gasteiger partial charge is 0.233 e. The van der Waals surface area contributed by atoms with Crippen molar-refractivity contribution in [3.63, 3.8) is 0 Å². The number of hydrogen-bond donors (Lipinski definition) is 1. The first kappa shape index (κ1) is 11.4. The molecule has 1 aromatic rings. The smallest absolute Gasteiger partial charge is 0.208 e. The minimum atomic E-state index is -3.33. The minimum Gasteiger partial charge on any atom is -0.208 e. The summed E-state index contributed by atoms with van der Waals surface area (Å²) >= 11 is 3.30. The predicted octanol–water partition coefficient (Wildman–Crippen LogP) is 2.01. The van der Waals surface area contributed by atoms with E-state index >= 15 is 0 Å². The van der Waals surface area contributed by atoms with Gasteiger partial charge in [-0.2, -0.15) is 0 Å². The standard InChI is InChI=1S/C9H10BrNO2S/c1-2-14(12,13)11-7-8-4-3-5-9(10)6-8/h2-6,11H,1,7H2. The maximum Gasteiger partial charge on any atom is 0.233 e. The summed E-state index contributed by atoms with van der Waals surface area (Å²) in [6, 6.07) is 7.43. The van der Waals surface area contributed by atoms with Crippen LogP contribution in [-0.4, -0.2) is 8.42 Å². The summed E-state index contributed by atoms with van der Waals surface area (Å²) in [7, 11) is -3.33. The summed E-state index contributed by atoms with van der Waals surface area (Å²) in [4.78, 5) is 0. The van der Waals surface area contributed by atoms with Crippen LogP contribution in [0.1, 0.15) is 5.56 Å². The van der Waals surface area contributed by atoms with Crippen molar-refractivity contribution >= 4 is 26.0 Å². The highest BCUT2D eigenvalue weighted by Gasteiger charge is 2.02. The van der Waals surface area contributed by atoms with Crippen LogP contribution >= 0.6 is 15.9 Å². The summed E-state index contributed by atoms with van der Waals surface area (Å²) in [6.07, 6.45) is 0. The molecule has 0 radical (unpaired) electrons. The molecule has 0 saturated carbocycles. The average Bonchev–Trinajstić information content (AvgIpc) is 2.15. The molecule has 0 spiro atoms. The van der Waals surface area contributed by atoms with Gasteiger partial charge in [-0.3, -0.25) is 0 Å². The molecule has 3 nitrogen and oxygen atoms in total. The van der Waals surface area contributed by atoms with Crippen molar-refractivity contribution < 1.29 is 8.42 Å². The second-order valence-corrected chi connectivity index (χ2v) is 5.29. The van der Waals surface area contributed by atoms with Gasteiger partial charge < -0.3 is 0 Å². The second kappa shape index (κ2) is 4.72. The highest BCUT2D eigenvalue weighted by molar-refractivity contribution is 9.10. The molecule has 0 aromatic heterocycles. The lowest BCUT2D eigenvalue weighted by Crippen LogP contribution is -2.20. The van der Waals surface area contributed by atoms with E-state index in [0.29, 0.717) is 0 Å². The quantitative estimate of drug-likeness (QED) is 0.914. The first-order valence-corrected chi connectivity index (χ1v) is 6.24. The fraction of sp³-hybridized carbons (Fsp3) is 0.111. The van der Waals surface area contributed by atoms with Gasteiger partial charge in [0.1, 0.15) is 0 Å². The van der Waals surface area contributed by atoms with Gasteiger partial charge in [0.15, 0.2) is 0 Å². The molecule has 0 unspecified atom stereocenters. The van der Waals surface area contributed by atoms with E-state index in [9.17, 15) is 8.42 Å². The Bertz CT molecular complexity index is 428. The van der Waals surface area contributed by atoms with E-state index in [-0.39, 0.29) is 6.54 Å². The van der Waals surface area contributed by atoms with Gasteiger partial charge in [0.05, 0.1) is 0 Å². The topological polar surface area (TPSA) is 46.2 Å². The number of nitrogens with one attached hydrogen (secondary N) is 1. The van der Waals surface area contributed by atoms with Crippen molar-refractivity contribution in [2.45, 2.75) is 6.54 Å². The number of hydrogen-bond acceptors (Lipinski definition) is 2. The molecule has 0 amide bonds. The highest BCUT2D eigenvalue weighted by Crippen LogP contribution is 2.11. The molecular weight excluding hydrogens is 266 g/mol. The van der Waals surface area contributed by atoms with Crippen molar-refractivity contribution in [1.82, 2.24) is 4.72 Å². The molecular formula is C9H10BrNO2S. The van der Waals surface area contributed by atoms with E-state index < -0.39 is 10.0 Å². The Hall–Kier alpha value is -0.650. The Balaban J connectivity index is 2.67. The summed E-state index contributed by atoms with van der Waals surface area (Å²) in [5.74, 6) is 0. The molecule has 1 rings (SSSR count). The lowest BCUT2D eigenvalue weighted by Gasteiger charge is -2.02. The van der Waals surface area contributed by atoms with Crippen molar-refractivity contribution in [3.05, 3.63) is 46.3 Å². The Labute approximate surface area is 92.0 Å². The molecule has 76 valence electrons. The summed E-state index contributed by atoms with van der Waals surface area (Å²) in [6.45, 7) is 3.47. The van der Waals surface area contributed by atoms with Crippen molar-refractivity contribution in [2.75, 3.05) is 0 Å². The number of rotatable bonds is 4. The van der Waals surface area contributed by atoms with Gasteiger partial charge in [-0.1, -0.05) is 34.6 Å². The summed E-state index contributed by atoms with van der Waals surface area (Å²) in [5.41, 5.74) is 0.893. The maximum absolute atomic E-state index is 11.0. The van der Waals surface area contributed by atoms with Crippen LogP contribution in [0.5, 0.6) is 0 Å². The van der Waals surface area contributed by atoms with Gasteiger partial charge >= 0.3 is 0 Å². The summed E-state index contributed by atoms with van der Waals surface area (Å²) < 4.78 is 25.3. The number of halogens is 1. The van der Waals surface area contributed by atoms with Crippen LogP contribution < -0.4 is 4.72 Å². The molecule has 14 heavy (non-hydrogen) atoms. The second-order valence-electron chi connectivity index (χ2n) is 2.66. The zero-order valence-electron chi connectivity index (χ0n) is 7.40. The van der Waals surface area contributed by atoms with Gasteiger partial charge in [-0.15, -0.1) is 0 Å². The van der Waals surface area contributed by atoms with Crippen LogP contribution in [0.4, 0.5) is 0 Å². The van der Waals surface area contributed by atoms with Gasteiger partial charge in [0, 0.05) is 16.4 Å².